The van der Waals surface area contributed by atoms with Crippen LogP contribution in [0, 0.1) is 29.1 Å². The van der Waals surface area contributed by atoms with E-state index in [1.807, 2.05) is 0 Å². The largest absolute Gasteiger partial charge is 0.328 e. The number of rotatable bonds is 3. The van der Waals surface area contributed by atoms with Crippen molar-refractivity contribution in [1.82, 2.24) is 0 Å². The number of nitrogens with two attached hydrogens (primary N) is 1. The zero-order valence-electron chi connectivity index (χ0n) is 16.4. The summed E-state index contributed by atoms with van der Waals surface area (Å²) in [4.78, 5) is 5.99. The molecule has 5 aliphatic rings. The predicted molar refractivity (Wildman–Crippen MR) is 116 cm³/mol. The Morgan fingerprint density at radius 2 is 1.85 bits per heavy atom. The Bertz CT molecular complexity index is 751. The Balaban J connectivity index is 1.40. The molecule has 1 aromatic rings. The van der Waals surface area contributed by atoms with E-state index in [4.69, 9.17) is 22.9 Å². The van der Waals surface area contributed by atoms with Crippen LogP contribution in [0.1, 0.15) is 63.9 Å². The van der Waals surface area contributed by atoms with Crippen LogP contribution in [0.15, 0.2) is 35.3 Å². The number of nitrogens with zero attached hydrogens (tertiary/aromatic N) is 1. The topological polar surface area (TPSA) is 38.4 Å². The van der Waals surface area contributed by atoms with Gasteiger partial charge in [0.05, 0.1) is 0 Å². The molecule has 6 rings (SSSR count). The average molecular weight is 381 g/mol. The number of thiocarbonyl (C=S) groups is 1. The summed E-state index contributed by atoms with van der Waals surface area (Å²) >= 11 is 6.04. The summed E-state index contributed by atoms with van der Waals surface area (Å²) < 4.78 is 0. The molecule has 5 atom stereocenters. The van der Waals surface area contributed by atoms with E-state index in [9.17, 15) is 0 Å². The van der Waals surface area contributed by atoms with E-state index < -0.39 is 0 Å². The van der Waals surface area contributed by atoms with E-state index in [1.54, 1.807) is 5.56 Å². The average Bonchev–Trinajstić information content (AvgIpc) is 3.06. The van der Waals surface area contributed by atoms with E-state index in [0.717, 1.165) is 35.6 Å². The molecule has 27 heavy (non-hydrogen) atoms. The maximum Gasteiger partial charge on any atom is 0.109 e. The highest BCUT2D eigenvalue weighted by Gasteiger charge is 2.68. The lowest BCUT2D eigenvalue weighted by atomic mass is 9.62. The smallest absolute Gasteiger partial charge is 0.109 e. The lowest BCUT2D eigenvalue weighted by molar-refractivity contribution is 0.174. The van der Waals surface area contributed by atoms with Gasteiger partial charge < -0.3 is 5.73 Å². The van der Waals surface area contributed by atoms with E-state index >= 15 is 0 Å². The second kappa shape index (κ2) is 6.49. The first-order chi connectivity index (χ1) is 13.0. The van der Waals surface area contributed by atoms with Crippen LogP contribution in [0.5, 0.6) is 0 Å². The first-order valence-corrected chi connectivity index (χ1v) is 11.3. The first kappa shape index (κ1) is 18.0. The number of benzene rings is 1. The van der Waals surface area contributed by atoms with Gasteiger partial charge in [0.1, 0.15) is 4.99 Å². The Labute approximate surface area is 169 Å². The summed E-state index contributed by atoms with van der Waals surface area (Å²) in [5, 5.41) is 0. The number of aliphatic imine (C=N–C) groups is 1. The van der Waals surface area contributed by atoms with Gasteiger partial charge in [0.2, 0.25) is 0 Å². The molecule has 0 amide bonds. The number of hydrogen-bond acceptors (Lipinski definition) is 2. The predicted octanol–water partition coefficient (Wildman–Crippen LogP) is 5.30. The normalized spacial score (nSPS) is 45.6. The van der Waals surface area contributed by atoms with Crippen LogP contribution in [0.3, 0.4) is 0 Å². The maximum atomic E-state index is 6.06. The number of hydrogen-bond donors (Lipinski definition) is 1. The zero-order chi connectivity index (χ0) is 18.6. The van der Waals surface area contributed by atoms with Crippen LogP contribution in [0.4, 0.5) is 0 Å². The molecule has 0 aromatic heterocycles. The van der Waals surface area contributed by atoms with Crippen molar-refractivity contribution >= 4 is 23.4 Å². The molecule has 4 bridgehead atoms. The third kappa shape index (κ3) is 2.76. The third-order valence-corrected chi connectivity index (χ3v) is 9.18. The minimum atomic E-state index is 0.176. The van der Waals surface area contributed by atoms with Gasteiger partial charge in [-0.15, -0.1) is 0 Å². The molecule has 0 saturated heterocycles. The molecular weight excluding hydrogens is 348 g/mol. The second-order valence-corrected chi connectivity index (χ2v) is 10.5. The molecule has 0 radical (unpaired) electrons. The van der Waals surface area contributed by atoms with Crippen LogP contribution in [0.25, 0.3) is 0 Å². The fourth-order valence-electron chi connectivity index (χ4n) is 7.28. The molecule has 5 saturated carbocycles. The standard InChI is InChI=1S/C24H32N2S/c1-16-18-11-23(19-5-3-2-4-6-19)13-21(16)24(12-18,15-23)22(27)26-14-17-7-9-20(25)10-8-17/h2-6,14,16-18,20-21H,7-13,15,25H2,1H3/b26-14+. The summed E-state index contributed by atoms with van der Waals surface area (Å²) in [6.07, 6.45) is 12.0. The van der Waals surface area contributed by atoms with Crippen molar-refractivity contribution in [1.29, 1.82) is 0 Å². The van der Waals surface area contributed by atoms with Crippen LogP contribution in [0.2, 0.25) is 0 Å². The van der Waals surface area contributed by atoms with Crippen molar-refractivity contribution in [2.75, 3.05) is 0 Å². The highest BCUT2D eigenvalue weighted by Crippen LogP contribution is 2.73. The SMILES string of the molecule is CC1C2CC3(c4ccccc4)CC1C(C(=S)/N=C/C1CCC(N)CC1)(C2)C3. The van der Waals surface area contributed by atoms with Gasteiger partial charge >= 0.3 is 0 Å². The van der Waals surface area contributed by atoms with Crippen molar-refractivity contribution < 1.29 is 0 Å². The molecule has 2 N–H and O–H groups in total. The molecule has 144 valence electrons. The summed E-state index contributed by atoms with van der Waals surface area (Å²) in [6.45, 7) is 2.48. The van der Waals surface area contributed by atoms with Crippen molar-refractivity contribution in [3.8, 4) is 0 Å². The first-order valence-electron chi connectivity index (χ1n) is 10.9. The molecule has 2 nitrogen and oxygen atoms in total. The molecule has 0 spiro atoms. The lowest BCUT2D eigenvalue weighted by Gasteiger charge is -2.42. The van der Waals surface area contributed by atoms with E-state index in [1.165, 1.54) is 38.5 Å². The van der Waals surface area contributed by atoms with Gasteiger partial charge in [0, 0.05) is 17.7 Å². The van der Waals surface area contributed by atoms with Crippen molar-refractivity contribution in [3.05, 3.63) is 35.9 Å². The Morgan fingerprint density at radius 1 is 1.11 bits per heavy atom. The van der Waals surface area contributed by atoms with Crippen LogP contribution in [-0.4, -0.2) is 17.2 Å². The van der Waals surface area contributed by atoms with Gasteiger partial charge in [-0.2, -0.15) is 0 Å². The van der Waals surface area contributed by atoms with E-state index in [0.29, 0.717) is 17.4 Å². The molecule has 5 fully saturated rings. The Morgan fingerprint density at radius 3 is 2.59 bits per heavy atom. The molecule has 0 heterocycles. The fourth-order valence-corrected chi connectivity index (χ4v) is 7.65. The molecule has 5 unspecified atom stereocenters. The highest BCUT2D eigenvalue weighted by molar-refractivity contribution is 7.80. The van der Waals surface area contributed by atoms with Gasteiger partial charge in [-0.05, 0) is 86.0 Å². The van der Waals surface area contributed by atoms with Crippen LogP contribution < -0.4 is 5.73 Å². The van der Waals surface area contributed by atoms with Gasteiger partial charge in [0.25, 0.3) is 0 Å². The highest BCUT2D eigenvalue weighted by atomic mass is 32.1. The van der Waals surface area contributed by atoms with Crippen LogP contribution in [-0.2, 0) is 5.41 Å². The fraction of sp³-hybridized carbons (Fsp3) is 0.667. The van der Waals surface area contributed by atoms with E-state index in [-0.39, 0.29) is 5.41 Å². The lowest BCUT2D eigenvalue weighted by Crippen LogP contribution is -2.37. The second-order valence-electron chi connectivity index (χ2n) is 10.1. The van der Waals surface area contributed by atoms with E-state index in [2.05, 4.69) is 43.5 Å². The molecule has 5 aliphatic carbocycles. The molecule has 3 heteroatoms. The minimum Gasteiger partial charge on any atom is -0.328 e. The van der Waals surface area contributed by atoms with Gasteiger partial charge in [0.15, 0.2) is 0 Å². The summed E-state index contributed by atoms with van der Waals surface area (Å²) in [5.41, 5.74) is 8.12. The molecule has 0 aliphatic heterocycles. The van der Waals surface area contributed by atoms with Crippen LogP contribution >= 0.6 is 12.2 Å². The molecular formula is C24H32N2S. The Kier molecular flexibility index (Phi) is 4.32. The maximum absolute atomic E-state index is 6.06. The zero-order valence-corrected chi connectivity index (χ0v) is 17.3. The van der Waals surface area contributed by atoms with Crippen molar-refractivity contribution in [2.45, 2.75) is 69.7 Å². The van der Waals surface area contributed by atoms with Crippen molar-refractivity contribution in [3.63, 3.8) is 0 Å². The third-order valence-electron chi connectivity index (χ3n) is 8.66. The quantitative estimate of drug-likeness (QED) is 0.571. The monoisotopic (exact) mass is 380 g/mol. The summed E-state index contributed by atoms with van der Waals surface area (Å²) in [5.74, 6) is 2.92. The minimum absolute atomic E-state index is 0.176. The van der Waals surface area contributed by atoms with Gasteiger partial charge in [-0.3, -0.25) is 4.99 Å². The van der Waals surface area contributed by atoms with Crippen molar-refractivity contribution in [2.24, 2.45) is 39.8 Å². The summed E-state index contributed by atoms with van der Waals surface area (Å²) in [6, 6.07) is 11.6. The Hall–Kier alpha value is -1.06. The molecule has 1 aromatic carbocycles. The van der Waals surface area contributed by atoms with Gasteiger partial charge in [-0.1, -0.05) is 49.5 Å². The van der Waals surface area contributed by atoms with Gasteiger partial charge in [-0.25, -0.2) is 0 Å². The summed E-state index contributed by atoms with van der Waals surface area (Å²) in [7, 11) is 0.